The van der Waals surface area contributed by atoms with Crippen LogP contribution < -0.4 is 10.6 Å². The minimum Gasteiger partial charge on any atom is -0.369 e. The number of amides is 1. The van der Waals surface area contributed by atoms with Crippen LogP contribution in [0.3, 0.4) is 0 Å². The van der Waals surface area contributed by atoms with Crippen LogP contribution in [0.2, 0.25) is 0 Å². The average Bonchev–Trinajstić information content (AvgIpc) is 2.64. The highest BCUT2D eigenvalue weighted by Gasteiger charge is 2.04. The summed E-state index contributed by atoms with van der Waals surface area (Å²) in [6.07, 6.45) is 4.46. The van der Waals surface area contributed by atoms with Crippen molar-refractivity contribution in [3.8, 4) is 0 Å². The van der Waals surface area contributed by atoms with Gasteiger partial charge in [-0.05, 0) is 30.7 Å². The van der Waals surface area contributed by atoms with Crippen molar-refractivity contribution in [1.82, 2.24) is 20.3 Å². The van der Waals surface area contributed by atoms with Crippen LogP contribution in [0.15, 0.2) is 55.0 Å². The highest BCUT2D eigenvalue weighted by molar-refractivity contribution is 5.88. The lowest BCUT2D eigenvalue weighted by Crippen LogP contribution is -2.23. The molecule has 6 nitrogen and oxygen atoms in total. The number of nitrogens with zero attached hydrogens (tertiary/aromatic N) is 3. The van der Waals surface area contributed by atoms with Crippen molar-refractivity contribution in [3.05, 3.63) is 60.7 Å². The van der Waals surface area contributed by atoms with E-state index in [1.54, 1.807) is 12.5 Å². The summed E-state index contributed by atoms with van der Waals surface area (Å²) < 4.78 is 0. The Morgan fingerprint density at radius 3 is 2.75 bits per heavy atom. The van der Waals surface area contributed by atoms with Crippen molar-refractivity contribution in [2.45, 2.75) is 19.4 Å². The van der Waals surface area contributed by atoms with Crippen molar-refractivity contribution in [3.63, 3.8) is 0 Å². The maximum Gasteiger partial charge on any atom is 0.220 e. The zero-order valence-corrected chi connectivity index (χ0v) is 13.3. The van der Waals surface area contributed by atoms with E-state index in [1.807, 2.05) is 42.5 Å². The van der Waals surface area contributed by atoms with E-state index in [1.165, 1.54) is 0 Å². The molecule has 24 heavy (non-hydrogen) atoms. The molecule has 0 atom stereocenters. The Morgan fingerprint density at radius 2 is 1.88 bits per heavy atom. The lowest BCUT2D eigenvalue weighted by atomic mass is 10.2. The standard InChI is InChI=1S/C18H19N5O/c24-17(21-12-14-6-3-4-10-19-14)9-5-11-20-18-15-7-1-2-8-16(15)22-13-23-18/h1-4,6-8,10,13H,5,9,11-12H2,(H,21,24)(H,20,22,23). The normalized spacial score (nSPS) is 10.5. The quantitative estimate of drug-likeness (QED) is 0.654. The van der Waals surface area contributed by atoms with Crippen LogP contribution in [0.1, 0.15) is 18.5 Å². The fraction of sp³-hybridized carbons (Fsp3) is 0.222. The smallest absolute Gasteiger partial charge is 0.220 e. The average molecular weight is 321 g/mol. The van der Waals surface area contributed by atoms with Crippen LogP contribution in [-0.2, 0) is 11.3 Å². The van der Waals surface area contributed by atoms with Crippen molar-refractivity contribution >= 4 is 22.6 Å². The summed E-state index contributed by atoms with van der Waals surface area (Å²) in [4.78, 5) is 24.5. The summed E-state index contributed by atoms with van der Waals surface area (Å²) in [5, 5.41) is 7.13. The second-order valence-electron chi connectivity index (χ2n) is 5.37. The molecule has 1 amide bonds. The number of anilines is 1. The number of rotatable bonds is 7. The van der Waals surface area contributed by atoms with E-state index in [9.17, 15) is 4.79 Å². The summed E-state index contributed by atoms with van der Waals surface area (Å²) in [5.74, 6) is 0.824. The summed E-state index contributed by atoms with van der Waals surface area (Å²) in [6, 6.07) is 13.5. The molecule has 0 saturated carbocycles. The minimum atomic E-state index is 0.0231. The molecule has 0 aliphatic carbocycles. The number of nitrogens with one attached hydrogen (secondary N) is 2. The molecular formula is C18H19N5O. The van der Waals surface area contributed by atoms with Crippen LogP contribution >= 0.6 is 0 Å². The number of para-hydroxylation sites is 1. The van der Waals surface area contributed by atoms with Crippen LogP contribution in [-0.4, -0.2) is 27.4 Å². The number of aromatic nitrogens is 3. The van der Waals surface area contributed by atoms with Gasteiger partial charge in [0.05, 0.1) is 17.8 Å². The van der Waals surface area contributed by atoms with Crippen LogP contribution in [0, 0.1) is 0 Å². The van der Waals surface area contributed by atoms with E-state index in [0.29, 0.717) is 19.5 Å². The topological polar surface area (TPSA) is 79.8 Å². The zero-order valence-electron chi connectivity index (χ0n) is 13.3. The van der Waals surface area contributed by atoms with Gasteiger partial charge in [0.15, 0.2) is 0 Å². The molecule has 2 heterocycles. The van der Waals surface area contributed by atoms with E-state index < -0.39 is 0 Å². The molecule has 2 aromatic heterocycles. The Bertz CT molecular complexity index is 801. The minimum absolute atomic E-state index is 0.0231. The first-order chi connectivity index (χ1) is 11.8. The van der Waals surface area contributed by atoms with E-state index in [2.05, 4.69) is 25.6 Å². The molecule has 1 aromatic carbocycles. The number of fused-ring (bicyclic) bond motifs is 1. The maximum absolute atomic E-state index is 11.8. The van der Waals surface area contributed by atoms with E-state index in [4.69, 9.17) is 0 Å². The third-order valence-electron chi connectivity index (χ3n) is 3.61. The fourth-order valence-electron chi connectivity index (χ4n) is 2.38. The first-order valence-corrected chi connectivity index (χ1v) is 7.93. The van der Waals surface area contributed by atoms with Gasteiger partial charge in [-0.1, -0.05) is 18.2 Å². The third-order valence-corrected chi connectivity index (χ3v) is 3.61. The fourth-order valence-corrected chi connectivity index (χ4v) is 2.38. The van der Waals surface area contributed by atoms with Gasteiger partial charge in [0.25, 0.3) is 0 Å². The highest BCUT2D eigenvalue weighted by Crippen LogP contribution is 2.18. The van der Waals surface area contributed by atoms with Gasteiger partial charge >= 0.3 is 0 Å². The second-order valence-corrected chi connectivity index (χ2v) is 5.37. The molecule has 3 aromatic rings. The Hall–Kier alpha value is -3.02. The van der Waals surface area contributed by atoms with Gasteiger partial charge in [-0.2, -0.15) is 0 Å². The first kappa shape index (κ1) is 15.9. The maximum atomic E-state index is 11.8. The summed E-state index contributed by atoms with van der Waals surface area (Å²) >= 11 is 0. The molecule has 0 bridgehead atoms. The molecule has 0 aliphatic heterocycles. The van der Waals surface area contributed by atoms with Gasteiger partial charge in [-0.25, -0.2) is 9.97 Å². The number of pyridine rings is 1. The number of carbonyl (C=O) groups excluding carboxylic acids is 1. The number of benzene rings is 1. The summed E-state index contributed by atoms with van der Waals surface area (Å²) in [6.45, 7) is 1.14. The molecule has 0 radical (unpaired) electrons. The molecule has 0 saturated heterocycles. The van der Waals surface area contributed by atoms with Crippen molar-refractivity contribution in [2.75, 3.05) is 11.9 Å². The third kappa shape index (κ3) is 4.25. The molecule has 122 valence electrons. The molecule has 0 fully saturated rings. The highest BCUT2D eigenvalue weighted by atomic mass is 16.1. The first-order valence-electron chi connectivity index (χ1n) is 7.93. The number of hydrogen-bond donors (Lipinski definition) is 2. The van der Waals surface area contributed by atoms with Crippen LogP contribution in [0.4, 0.5) is 5.82 Å². The van der Waals surface area contributed by atoms with E-state index in [-0.39, 0.29) is 5.91 Å². The Labute approximate surface area is 140 Å². The van der Waals surface area contributed by atoms with E-state index >= 15 is 0 Å². The van der Waals surface area contributed by atoms with Gasteiger partial charge in [-0.15, -0.1) is 0 Å². The van der Waals surface area contributed by atoms with Gasteiger partial charge < -0.3 is 10.6 Å². The lowest BCUT2D eigenvalue weighted by molar-refractivity contribution is -0.121. The Kier molecular flexibility index (Phi) is 5.29. The molecule has 0 unspecified atom stereocenters. The number of hydrogen-bond acceptors (Lipinski definition) is 5. The predicted octanol–water partition coefficient (Wildman–Crippen LogP) is 2.53. The zero-order chi connectivity index (χ0) is 16.6. The van der Waals surface area contributed by atoms with Crippen molar-refractivity contribution in [2.24, 2.45) is 0 Å². The monoisotopic (exact) mass is 321 g/mol. The molecule has 0 aliphatic rings. The lowest BCUT2D eigenvalue weighted by Gasteiger charge is -2.08. The molecular weight excluding hydrogens is 302 g/mol. The number of carbonyl (C=O) groups is 1. The summed E-state index contributed by atoms with van der Waals surface area (Å²) in [7, 11) is 0. The Morgan fingerprint density at radius 1 is 1.00 bits per heavy atom. The van der Waals surface area contributed by atoms with Crippen LogP contribution in [0.25, 0.3) is 10.9 Å². The molecule has 3 rings (SSSR count). The van der Waals surface area contributed by atoms with Gasteiger partial charge in [0, 0.05) is 24.5 Å². The Balaban J connectivity index is 1.42. The van der Waals surface area contributed by atoms with Crippen molar-refractivity contribution < 1.29 is 4.79 Å². The molecule has 2 N–H and O–H groups in total. The largest absolute Gasteiger partial charge is 0.369 e. The van der Waals surface area contributed by atoms with Gasteiger partial charge in [0.1, 0.15) is 12.1 Å². The SMILES string of the molecule is O=C(CCCNc1ncnc2ccccc12)NCc1ccccn1. The van der Waals surface area contributed by atoms with Crippen LogP contribution in [0.5, 0.6) is 0 Å². The van der Waals surface area contributed by atoms with Crippen molar-refractivity contribution in [1.29, 1.82) is 0 Å². The van der Waals surface area contributed by atoms with E-state index in [0.717, 1.165) is 28.8 Å². The second kappa shape index (κ2) is 8.01. The molecule has 0 spiro atoms. The van der Waals surface area contributed by atoms with Gasteiger partial charge in [0.2, 0.25) is 5.91 Å². The predicted molar refractivity (Wildman–Crippen MR) is 93.3 cm³/mol. The van der Waals surface area contributed by atoms with Gasteiger partial charge in [-0.3, -0.25) is 9.78 Å². The summed E-state index contributed by atoms with van der Waals surface area (Å²) in [5.41, 5.74) is 1.76. The molecule has 6 heteroatoms.